The smallest absolute Gasteiger partial charge is 0.137 e. The molecule has 1 aliphatic heterocycles. The normalized spacial score (nSPS) is 13.2. The molecule has 0 amide bonds. The summed E-state index contributed by atoms with van der Waals surface area (Å²) >= 11 is 3.73. The standard InChI is InChI=1S/C65H40N2OS2/c1-3-18-43(19-4-1)66(46-32-35-62-56(39-46)65(55-26-13-14-28-61(55)70-62)53-24-11-9-22-48(53)49-23-10-12-25-54(49)65)45-31-34-60-52(38-45)64-57(27-15-29-63(64)69-60)67(44-20-5-2-6-21-44)47-30-33-50-51-36-41-16-7-8-17-42(41)37-58(51)68-59(50)40-47/h1-40H. The topological polar surface area (TPSA) is 19.6 Å². The second-order valence-electron chi connectivity index (χ2n) is 18.4. The summed E-state index contributed by atoms with van der Waals surface area (Å²) in [6, 6.07) is 89.3. The second-order valence-corrected chi connectivity index (χ2v) is 20.5. The summed E-state index contributed by atoms with van der Waals surface area (Å²) in [5, 5.41) is 7.05. The van der Waals surface area contributed by atoms with E-state index in [0.29, 0.717) is 0 Å². The Labute approximate surface area is 413 Å². The van der Waals surface area contributed by atoms with Crippen LogP contribution in [0.5, 0.6) is 0 Å². The molecule has 0 radical (unpaired) electrons. The Morgan fingerprint density at radius 1 is 0.343 bits per heavy atom. The first kappa shape index (κ1) is 39.6. The van der Waals surface area contributed by atoms with Gasteiger partial charge in [-0.05, 0) is 147 Å². The number of benzene rings is 11. The van der Waals surface area contributed by atoms with Gasteiger partial charge in [-0.3, -0.25) is 0 Å². The molecule has 15 rings (SSSR count). The van der Waals surface area contributed by atoms with Crippen LogP contribution in [0.4, 0.5) is 34.1 Å². The van der Waals surface area contributed by atoms with Crippen LogP contribution < -0.4 is 9.80 Å². The number of anilines is 6. The molecule has 3 nitrogen and oxygen atoms in total. The van der Waals surface area contributed by atoms with Gasteiger partial charge in [-0.1, -0.05) is 145 Å². The number of rotatable bonds is 6. The summed E-state index contributed by atoms with van der Waals surface area (Å²) in [4.78, 5) is 7.43. The van der Waals surface area contributed by atoms with Gasteiger partial charge in [0.1, 0.15) is 11.2 Å². The number of thiophene rings is 1. The zero-order valence-electron chi connectivity index (χ0n) is 37.7. The lowest BCUT2D eigenvalue weighted by atomic mass is 9.67. The number of hydrogen-bond acceptors (Lipinski definition) is 5. The lowest BCUT2D eigenvalue weighted by molar-refractivity contribution is 0.669. The van der Waals surface area contributed by atoms with E-state index in [1.165, 1.54) is 74.1 Å². The molecular formula is C65H40N2OS2. The second kappa shape index (κ2) is 15.3. The maximum Gasteiger partial charge on any atom is 0.137 e. The van der Waals surface area contributed by atoms with Gasteiger partial charge in [0.2, 0.25) is 0 Å². The van der Waals surface area contributed by atoms with Gasteiger partial charge >= 0.3 is 0 Å². The van der Waals surface area contributed by atoms with Crippen LogP contribution in [-0.4, -0.2) is 0 Å². The van der Waals surface area contributed by atoms with Crippen molar-refractivity contribution < 1.29 is 4.42 Å². The molecule has 11 aromatic carbocycles. The van der Waals surface area contributed by atoms with Crippen LogP contribution in [0.1, 0.15) is 22.3 Å². The van der Waals surface area contributed by atoms with Crippen LogP contribution in [0.2, 0.25) is 0 Å². The Morgan fingerprint density at radius 2 is 0.929 bits per heavy atom. The summed E-state index contributed by atoms with van der Waals surface area (Å²) in [5.74, 6) is 0. The molecular weight excluding hydrogens is 889 g/mol. The van der Waals surface area contributed by atoms with E-state index in [0.717, 1.165) is 56.1 Å². The molecule has 0 bridgehead atoms. The predicted octanol–water partition coefficient (Wildman–Crippen LogP) is 18.9. The van der Waals surface area contributed by atoms with Crippen LogP contribution in [0.25, 0.3) is 64.0 Å². The summed E-state index contributed by atoms with van der Waals surface area (Å²) in [7, 11) is 0. The van der Waals surface area contributed by atoms with Crippen LogP contribution >= 0.6 is 23.1 Å². The molecule has 0 N–H and O–H groups in total. The molecule has 328 valence electrons. The minimum absolute atomic E-state index is 0.481. The molecule has 3 heterocycles. The first-order chi connectivity index (χ1) is 34.7. The third-order valence-electron chi connectivity index (χ3n) is 14.7. The van der Waals surface area contributed by atoms with E-state index >= 15 is 0 Å². The van der Waals surface area contributed by atoms with E-state index in [-0.39, 0.29) is 0 Å². The third kappa shape index (κ3) is 5.77. The average molecular weight is 929 g/mol. The highest BCUT2D eigenvalue weighted by Crippen LogP contribution is 2.63. The summed E-state index contributed by atoms with van der Waals surface area (Å²) in [6.45, 7) is 0. The highest BCUT2D eigenvalue weighted by Gasteiger charge is 2.50. The summed E-state index contributed by atoms with van der Waals surface area (Å²) in [5.41, 5.74) is 15.8. The van der Waals surface area contributed by atoms with Crippen molar-refractivity contribution in [3.05, 3.63) is 265 Å². The van der Waals surface area contributed by atoms with Gasteiger partial charge in [0.15, 0.2) is 0 Å². The van der Waals surface area contributed by atoms with E-state index < -0.39 is 5.41 Å². The Kier molecular flexibility index (Phi) is 8.68. The highest BCUT2D eigenvalue weighted by molar-refractivity contribution is 7.99. The van der Waals surface area contributed by atoms with E-state index in [1.54, 1.807) is 0 Å². The van der Waals surface area contributed by atoms with Crippen molar-refractivity contribution in [3.63, 3.8) is 0 Å². The van der Waals surface area contributed by atoms with Crippen molar-refractivity contribution in [2.75, 3.05) is 9.80 Å². The van der Waals surface area contributed by atoms with Gasteiger partial charge in [-0.2, -0.15) is 0 Å². The Hall–Kier alpha value is -8.35. The lowest BCUT2D eigenvalue weighted by Crippen LogP contribution is -2.32. The van der Waals surface area contributed by atoms with E-state index in [1.807, 2.05) is 23.1 Å². The largest absolute Gasteiger partial charge is 0.456 e. The highest BCUT2D eigenvalue weighted by atomic mass is 32.2. The van der Waals surface area contributed by atoms with Gasteiger partial charge in [0.25, 0.3) is 0 Å². The van der Waals surface area contributed by atoms with Gasteiger partial charge in [0.05, 0.1) is 11.1 Å². The third-order valence-corrected chi connectivity index (χ3v) is 16.9. The Morgan fingerprint density at radius 3 is 1.70 bits per heavy atom. The maximum atomic E-state index is 6.68. The Balaban J connectivity index is 0.928. The molecule has 2 aliphatic rings. The fourth-order valence-electron chi connectivity index (χ4n) is 11.7. The van der Waals surface area contributed by atoms with Gasteiger partial charge in [-0.15, -0.1) is 11.3 Å². The van der Waals surface area contributed by atoms with Crippen molar-refractivity contribution in [2.24, 2.45) is 0 Å². The van der Waals surface area contributed by atoms with Crippen molar-refractivity contribution in [2.45, 2.75) is 15.2 Å². The predicted molar refractivity (Wildman–Crippen MR) is 295 cm³/mol. The zero-order chi connectivity index (χ0) is 45.9. The molecule has 0 fully saturated rings. The van der Waals surface area contributed by atoms with Crippen molar-refractivity contribution in [3.8, 4) is 11.1 Å². The number of nitrogens with zero attached hydrogens (tertiary/aromatic N) is 2. The number of hydrogen-bond donors (Lipinski definition) is 0. The molecule has 1 aliphatic carbocycles. The molecule has 0 saturated carbocycles. The van der Waals surface area contributed by atoms with Gasteiger partial charge < -0.3 is 14.2 Å². The minimum atomic E-state index is -0.481. The van der Waals surface area contributed by atoms with E-state index in [4.69, 9.17) is 4.42 Å². The average Bonchev–Trinajstić information content (AvgIpc) is 4.07. The summed E-state index contributed by atoms with van der Waals surface area (Å²) in [6.07, 6.45) is 0. The van der Waals surface area contributed by atoms with Crippen molar-refractivity contribution in [1.82, 2.24) is 0 Å². The molecule has 0 unspecified atom stereocenters. The van der Waals surface area contributed by atoms with E-state index in [2.05, 4.69) is 252 Å². The molecule has 0 atom stereocenters. The van der Waals surface area contributed by atoms with E-state index in [9.17, 15) is 0 Å². The molecule has 70 heavy (non-hydrogen) atoms. The fraction of sp³-hybridized carbons (Fsp3) is 0.0154. The van der Waals surface area contributed by atoms with Crippen LogP contribution in [0, 0.1) is 0 Å². The van der Waals surface area contributed by atoms with Crippen LogP contribution in [0.15, 0.2) is 257 Å². The molecule has 13 aromatic rings. The van der Waals surface area contributed by atoms with Gasteiger partial charge in [-0.25, -0.2) is 0 Å². The van der Waals surface area contributed by atoms with Gasteiger partial charge in [0, 0.05) is 75.2 Å². The van der Waals surface area contributed by atoms with Crippen LogP contribution in [-0.2, 0) is 5.41 Å². The summed E-state index contributed by atoms with van der Waals surface area (Å²) < 4.78 is 9.15. The van der Waals surface area contributed by atoms with Crippen LogP contribution in [0.3, 0.4) is 0 Å². The zero-order valence-corrected chi connectivity index (χ0v) is 39.3. The first-order valence-electron chi connectivity index (χ1n) is 23.8. The van der Waals surface area contributed by atoms with Crippen molar-refractivity contribution in [1.29, 1.82) is 0 Å². The SMILES string of the molecule is c1ccc(N(c2ccc3c(c2)C2(c4ccccc4S3)c3ccccc3-c3ccccc32)c2ccc3sc4cccc(N(c5ccccc5)c5ccc6c(c5)oc5cc7ccccc7cc56)c4c3c2)cc1. The molecule has 2 aromatic heterocycles. The maximum absolute atomic E-state index is 6.68. The monoisotopic (exact) mass is 928 g/mol. The number of para-hydroxylation sites is 2. The first-order valence-corrected chi connectivity index (χ1v) is 25.4. The number of fused-ring (bicyclic) bond motifs is 16. The molecule has 0 saturated heterocycles. The Bertz CT molecular complexity index is 4200. The fourth-order valence-corrected chi connectivity index (χ4v) is 14.0. The molecule has 5 heteroatoms. The minimum Gasteiger partial charge on any atom is -0.456 e. The van der Waals surface area contributed by atoms with Crippen molar-refractivity contribution >= 4 is 110 Å². The quantitative estimate of drug-likeness (QED) is 0.165. The lowest BCUT2D eigenvalue weighted by Gasteiger charge is -2.40. The molecule has 1 spiro atoms. The number of furan rings is 1.